The highest BCUT2D eigenvalue weighted by atomic mass is 35.5. The lowest BCUT2D eigenvalue weighted by Crippen LogP contribution is -2.68. The van der Waals surface area contributed by atoms with Crippen LogP contribution in [0.3, 0.4) is 0 Å². The average Bonchev–Trinajstić information content (AvgIpc) is 2.72. The van der Waals surface area contributed by atoms with E-state index in [1.54, 1.807) is 35.5 Å². The number of nitrogens with zero attached hydrogens (tertiary/aromatic N) is 3. The van der Waals surface area contributed by atoms with Crippen molar-refractivity contribution in [2.45, 2.75) is 38.0 Å². The predicted octanol–water partition coefficient (Wildman–Crippen LogP) is 3.47. The van der Waals surface area contributed by atoms with Crippen LogP contribution < -0.4 is 5.32 Å². The van der Waals surface area contributed by atoms with Gasteiger partial charge in [-0.3, -0.25) is 14.7 Å². The number of hydrogen-bond acceptors (Lipinski definition) is 4. The second-order valence-electron chi connectivity index (χ2n) is 7.09. The molecule has 4 rings (SSSR count). The lowest BCUT2D eigenvalue weighted by molar-refractivity contribution is -0.137. The third kappa shape index (κ3) is 3.72. The van der Waals surface area contributed by atoms with Crippen LogP contribution >= 0.6 is 23.2 Å². The number of rotatable bonds is 4. The maximum absolute atomic E-state index is 13.3. The molecule has 2 aliphatic rings. The molecule has 3 amide bonds. The van der Waals surface area contributed by atoms with Gasteiger partial charge < -0.3 is 10.2 Å². The molecular formula is C20H20Cl2N4O2. The maximum atomic E-state index is 13.3. The molecule has 1 N–H and O–H groups in total. The summed E-state index contributed by atoms with van der Waals surface area (Å²) in [7, 11) is 0. The van der Waals surface area contributed by atoms with E-state index in [0.29, 0.717) is 16.6 Å². The van der Waals surface area contributed by atoms with Gasteiger partial charge in [0.15, 0.2) is 0 Å². The lowest BCUT2D eigenvalue weighted by atomic mass is 9.93. The van der Waals surface area contributed by atoms with Gasteiger partial charge >= 0.3 is 6.03 Å². The molecule has 2 saturated heterocycles. The number of carbonyl (C=O) groups is 2. The molecule has 28 heavy (non-hydrogen) atoms. The number of hydrogen-bond donors (Lipinski definition) is 1. The van der Waals surface area contributed by atoms with Crippen molar-refractivity contribution < 1.29 is 9.59 Å². The van der Waals surface area contributed by atoms with E-state index >= 15 is 0 Å². The molecule has 6 nitrogen and oxygen atoms in total. The normalized spacial score (nSPS) is 22.4. The quantitative estimate of drug-likeness (QED) is 0.825. The highest BCUT2D eigenvalue weighted by Gasteiger charge is 2.46. The Labute approximate surface area is 173 Å². The van der Waals surface area contributed by atoms with Crippen molar-refractivity contribution in [3.63, 3.8) is 0 Å². The molecule has 3 heterocycles. The highest BCUT2D eigenvalue weighted by molar-refractivity contribution is 6.42. The summed E-state index contributed by atoms with van der Waals surface area (Å²) in [6.45, 7) is 1.34. The Kier molecular flexibility index (Phi) is 5.53. The first-order valence-electron chi connectivity index (χ1n) is 9.23. The fourth-order valence-electron chi connectivity index (χ4n) is 3.86. The van der Waals surface area contributed by atoms with Crippen LogP contribution in [0, 0.1) is 0 Å². The first-order valence-corrected chi connectivity index (χ1v) is 9.98. The van der Waals surface area contributed by atoms with Crippen molar-refractivity contribution in [1.82, 2.24) is 20.1 Å². The zero-order valence-corrected chi connectivity index (χ0v) is 16.7. The minimum atomic E-state index is -0.397. The number of aromatic nitrogens is 1. The molecule has 1 aromatic carbocycles. The van der Waals surface area contributed by atoms with Gasteiger partial charge in [0, 0.05) is 18.9 Å². The Balaban J connectivity index is 1.63. The van der Waals surface area contributed by atoms with Crippen molar-refractivity contribution in [2.24, 2.45) is 0 Å². The van der Waals surface area contributed by atoms with Crippen LogP contribution in [0.4, 0.5) is 4.79 Å². The molecule has 0 aliphatic carbocycles. The molecule has 0 spiro atoms. The maximum Gasteiger partial charge on any atom is 0.327 e. The standard InChI is InChI=1S/C20H20Cl2N4O2/c21-15-6-5-13(9-16(15)22)11-25-17-4-2-8-24-18(17)19(27)26(20(25)28)12-14-3-1-7-23-10-14/h1,3,5-7,9-10,17-18,24H,2,4,8,11-12H2. The second kappa shape index (κ2) is 8.07. The van der Waals surface area contributed by atoms with Crippen LogP contribution in [-0.2, 0) is 17.9 Å². The van der Waals surface area contributed by atoms with Crippen LogP contribution in [0.25, 0.3) is 0 Å². The minimum absolute atomic E-state index is 0.173. The zero-order valence-electron chi connectivity index (χ0n) is 15.1. The molecule has 2 aromatic rings. The predicted molar refractivity (Wildman–Crippen MR) is 107 cm³/mol. The Morgan fingerprint density at radius 3 is 2.71 bits per heavy atom. The molecule has 146 valence electrons. The van der Waals surface area contributed by atoms with Crippen LogP contribution in [-0.4, -0.2) is 45.4 Å². The number of piperidine rings is 1. The summed E-state index contributed by atoms with van der Waals surface area (Å²) in [6.07, 6.45) is 5.04. The molecule has 0 radical (unpaired) electrons. The van der Waals surface area contributed by atoms with Gasteiger partial charge in [0.2, 0.25) is 5.91 Å². The summed E-state index contributed by atoms with van der Waals surface area (Å²) >= 11 is 12.2. The number of halogens is 2. The Morgan fingerprint density at radius 2 is 1.96 bits per heavy atom. The van der Waals surface area contributed by atoms with Crippen molar-refractivity contribution in [1.29, 1.82) is 0 Å². The number of urea groups is 1. The summed E-state index contributed by atoms with van der Waals surface area (Å²) < 4.78 is 0. The topological polar surface area (TPSA) is 65.5 Å². The van der Waals surface area contributed by atoms with Gasteiger partial charge in [-0.05, 0) is 48.7 Å². The van der Waals surface area contributed by atoms with Crippen LogP contribution in [0.2, 0.25) is 10.0 Å². The van der Waals surface area contributed by atoms with Gasteiger partial charge in [0.1, 0.15) is 6.04 Å². The van der Waals surface area contributed by atoms with Gasteiger partial charge in [0.25, 0.3) is 0 Å². The van der Waals surface area contributed by atoms with Crippen LogP contribution in [0.1, 0.15) is 24.0 Å². The van der Waals surface area contributed by atoms with Gasteiger partial charge in [-0.15, -0.1) is 0 Å². The first kappa shape index (κ1) is 19.2. The van der Waals surface area contributed by atoms with Gasteiger partial charge in [-0.2, -0.15) is 0 Å². The van der Waals surface area contributed by atoms with E-state index in [-0.39, 0.29) is 24.5 Å². The molecule has 2 atom stereocenters. The SMILES string of the molecule is O=C1C2NCCCC2N(Cc2ccc(Cl)c(Cl)c2)C(=O)N1Cc1cccnc1. The Bertz CT molecular complexity index is 893. The smallest absolute Gasteiger partial charge is 0.315 e. The first-order chi connectivity index (χ1) is 13.5. The second-order valence-corrected chi connectivity index (χ2v) is 7.90. The van der Waals surface area contributed by atoms with E-state index in [0.717, 1.165) is 30.5 Å². The van der Waals surface area contributed by atoms with Crippen molar-refractivity contribution >= 4 is 35.1 Å². The number of nitrogens with one attached hydrogen (secondary N) is 1. The van der Waals surface area contributed by atoms with E-state index in [9.17, 15) is 9.59 Å². The minimum Gasteiger partial charge on any atom is -0.315 e. The van der Waals surface area contributed by atoms with E-state index in [1.807, 2.05) is 12.1 Å². The monoisotopic (exact) mass is 418 g/mol. The molecule has 0 saturated carbocycles. The van der Waals surface area contributed by atoms with E-state index in [4.69, 9.17) is 23.2 Å². The number of imide groups is 1. The number of pyridine rings is 1. The molecular weight excluding hydrogens is 399 g/mol. The number of benzene rings is 1. The summed E-state index contributed by atoms with van der Waals surface area (Å²) in [4.78, 5) is 33.5. The van der Waals surface area contributed by atoms with Crippen LogP contribution in [0.15, 0.2) is 42.7 Å². The van der Waals surface area contributed by atoms with Gasteiger partial charge in [-0.25, -0.2) is 4.79 Å². The Hall–Kier alpha value is -2.15. The van der Waals surface area contributed by atoms with Gasteiger partial charge in [-0.1, -0.05) is 35.3 Å². The zero-order chi connectivity index (χ0) is 19.7. The summed E-state index contributed by atoms with van der Waals surface area (Å²) in [5, 5.41) is 4.22. The third-order valence-corrected chi connectivity index (χ3v) is 5.97. The molecule has 2 fully saturated rings. The van der Waals surface area contributed by atoms with Crippen molar-refractivity contribution in [3.8, 4) is 0 Å². The lowest BCUT2D eigenvalue weighted by Gasteiger charge is -2.47. The summed E-state index contributed by atoms with van der Waals surface area (Å²) in [5.41, 5.74) is 1.69. The van der Waals surface area contributed by atoms with Crippen LogP contribution in [0.5, 0.6) is 0 Å². The number of amides is 3. The average molecular weight is 419 g/mol. The molecule has 2 unspecified atom stereocenters. The largest absolute Gasteiger partial charge is 0.327 e. The van der Waals surface area contributed by atoms with E-state index in [2.05, 4.69) is 10.3 Å². The molecule has 0 bridgehead atoms. The number of carbonyl (C=O) groups excluding carboxylic acids is 2. The summed E-state index contributed by atoms with van der Waals surface area (Å²) in [6, 6.07) is 8.15. The fraction of sp³-hybridized carbons (Fsp3) is 0.350. The molecule has 2 aliphatic heterocycles. The Morgan fingerprint density at radius 1 is 1.11 bits per heavy atom. The summed E-state index contributed by atoms with van der Waals surface area (Å²) in [5.74, 6) is -0.177. The highest BCUT2D eigenvalue weighted by Crippen LogP contribution is 2.29. The molecule has 8 heteroatoms. The third-order valence-electron chi connectivity index (χ3n) is 5.24. The van der Waals surface area contributed by atoms with E-state index in [1.165, 1.54) is 4.90 Å². The molecule has 1 aromatic heterocycles. The number of fused-ring (bicyclic) bond motifs is 1. The van der Waals surface area contributed by atoms with Crippen molar-refractivity contribution in [3.05, 3.63) is 63.9 Å². The van der Waals surface area contributed by atoms with E-state index < -0.39 is 6.04 Å². The van der Waals surface area contributed by atoms with Gasteiger partial charge in [0.05, 0.1) is 22.6 Å². The van der Waals surface area contributed by atoms with Crippen molar-refractivity contribution in [2.75, 3.05) is 6.54 Å². The fourth-order valence-corrected chi connectivity index (χ4v) is 4.18.